The standard InChI is InChI=1S/C15H21BrN2O2/c16-11-9-14(18(10-11)13-4-5-13)15(20)17-7-2-1-3-12(17)6-8-19/h9-10,12-13,19H,1-8H2. The van der Waals surface area contributed by atoms with Crippen LogP contribution in [0.2, 0.25) is 0 Å². The van der Waals surface area contributed by atoms with Crippen LogP contribution in [0.25, 0.3) is 0 Å². The van der Waals surface area contributed by atoms with Gasteiger partial charge in [0, 0.05) is 35.9 Å². The summed E-state index contributed by atoms with van der Waals surface area (Å²) >= 11 is 3.49. The van der Waals surface area contributed by atoms with Crippen molar-refractivity contribution in [1.29, 1.82) is 0 Å². The largest absolute Gasteiger partial charge is 0.396 e. The highest BCUT2D eigenvalue weighted by Crippen LogP contribution is 2.38. The number of aliphatic hydroxyl groups excluding tert-OH is 1. The summed E-state index contributed by atoms with van der Waals surface area (Å²) in [6, 6.07) is 2.63. The van der Waals surface area contributed by atoms with Crippen molar-refractivity contribution < 1.29 is 9.90 Å². The van der Waals surface area contributed by atoms with E-state index in [2.05, 4.69) is 20.5 Å². The van der Waals surface area contributed by atoms with E-state index in [1.807, 2.05) is 17.2 Å². The van der Waals surface area contributed by atoms with Crippen LogP contribution < -0.4 is 0 Å². The number of hydrogen-bond donors (Lipinski definition) is 1. The van der Waals surface area contributed by atoms with Gasteiger partial charge in [-0.05, 0) is 60.5 Å². The number of piperidine rings is 1. The Morgan fingerprint density at radius 3 is 2.85 bits per heavy atom. The predicted molar refractivity (Wildman–Crippen MR) is 80.8 cm³/mol. The lowest BCUT2D eigenvalue weighted by molar-refractivity contribution is 0.0563. The normalized spacial score (nSPS) is 23.1. The molecule has 1 unspecified atom stereocenters. The van der Waals surface area contributed by atoms with Crippen molar-refractivity contribution >= 4 is 21.8 Å². The van der Waals surface area contributed by atoms with Gasteiger partial charge in [-0.15, -0.1) is 0 Å². The molecule has 1 aromatic heterocycles. The number of hydrogen-bond acceptors (Lipinski definition) is 2. The molecule has 5 heteroatoms. The summed E-state index contributed by atoms with van der Waals surface area (Å²) in [6.07, 6.45) is 8.29. The number of carbonyl (C=O) groups is 1. The van der Waals surface area contributed by atoms with E-state index in [-0.39, 0.29) is 18.6 Å². The van der Waals surface area contributed by atoms with Gasteiger partial charge >= 0.3 is 0 Å². The van der Waals surface area contributed by atoms with Gasteiger partial charge in [-0.3, -0.25) is 4.79 Å². The molecule has 1 N–H and O–H groups in total. The molecular formula is C15H21BrN2O2. The van der Waals surface area contributed by atoms with Gasteiger partial charge < -0.3 is 14.6 Å². The summed E-state index contributed by atoms with van der Waals surface area (Å²) in [4.78, 5) is 14.8. The van der Waals surface area contributed by atoms with Crippen LogP contribution in [0.5, 0.6) is 0 Å². The van der Waals surface area contributed by atoms with Crippen molar-refractivity contribution in [2.45, 2.75) is 50.6 Å². The van der Waals surface area contributed by atoms with Crippen LogP contribution >= 0.6 is 15.9 Å². The number of halogens is 1. The van der Waals surface area contributed by atoms with Gasteiger partial charge in [0.05, 0.1) is 0 Å². The first-order valence-electron chi connectivity index (χ1n) is 7.50. The molecule has 3 rings (SSSR count). The zero-order chi connectivity index (χ0) is 14.1. The van der Waals surface area contributed by atoms with Crippen molar-refractivity contribution in [2.75, 3.05) is 13.2 Å². The van der Waals surface area contributed by atoms with E-state index < -0.39 is 0 Å². The van der Waals surface area contributed by atoms with Crippen LogP contribution in [0.15, 0.2) is 16.7 Å². The zero-order valence-electron chi connectivity index (χ0n) is 11.6. The third-order valence-corrected chi connectivity index (χ3v) is 4.76. The fraction of sp³-hybridized carbons (Fsp3) is 0.667. The summed E-state index contributed by atoms with van der Waals surface area (Å²) in [5.74, 6) is 0.126. The molecule has 20 heavy (non-hydrogen) atoms. The number of aromatic nitrogens is 1. The SMILES string of the molecule is O=C(c1cc(Br)cn1C1CC1)N1CCCCC1CCO. The third-order valence-electron chi connectivity index (χ3n) is 4.32. The highest BCUT2D eigenvalue weighted by Gasteiger charge is 2.32. The van der Waals surface area contributed by atoms with Crippen molar-refractivity contribution in [2.24, 2.45) is 0 Å². The van der Waals surface area contributed by atoms with E-state index >= 15 is 0 Å². The number of aliphatic hydroxyl groups is 1. The highest BCUT2D eigenvalue weighted by atomic mass is 79.9. The molecule has 1 saturated carbocycles. The maximum atomic E-state index is 12.9. The van der Waals surface area contributed by atoms with E-state index in [1.165, 1.54) is 12.8 Å². The first-order valence-corrected chi connectivity index (χ1v) is 8.29. The van der Waals surface area contributed by atoms with Crippen molar-refractivity contribution in [1.82, 2.24) is 9.47 Å². The van der Waals surface area contributed by atoms with E-state index in [4.69, 9.17) is 0 Å². The topological polar surface area (TPSA) is 45.5 Å². The number of amides is 1. The first-order chi connectivity index (χ1) is 9.70. The molecule has 0 aromatic carbocycles. The van der Waals surface area contributed by atoms with E-state index in [9.17, 15) is 9.90 Å². The number of nitrogens with zero attached hydrogens (tertiary/aromatic N) is 2. The second-order valence-corrected chi connectivity index (χ2v) is 6.76. The zero-order valence-corrected chi connectivity index (χ0v) is 13.2. The second-order valence-electron chi connectivity index (χ2n) is 5.84. The van der Waals surface area contributed by atoms with Crippen LogP contribution in [0.1, 0.15) is 55.1 Å². The lowest BCUT2D eigenvalue weighted by Crippen LogP contribution is -2.44. The third kappa shape index (κ3) is 2.79. The maximum absolute atomic E-state index is 12.9. The molecule has 2 heterocycles. The summed E-state index contributed by atoms with van der Waals surface area (Å²) in [5, 5.41) is 9.19. The quantitative estimate of drug-likeness (QED) is 0.915. The van der Waals surface area contributed by atoms with Gasteiger partial charge in [0.1, 0.15) is 5.69 Å². The fourth-order valence-corrected chi connectivity index (χ4v) is 3.57. The van der Waals surface area contributed by atoms with Crippen LogP contribution in [0, 0.1) is 0 Å². The van der Waals surface area contributed by atoms with Gasteiger partial charge in [0.25, 0.3) is 5.91 Å². The number of rotatable bonds is 4. The van der Waals surface area contributed by atoms with Crippen molar-refractivity contribution in [3.63, 3.8) is 0 Å². The van der Waals surface area contributed by atoms with Crippen LogP contribution in [-0.2, 0) is 0 Å². The summed E-state index contributed by atoms with van der Waals surface area (Å²) in [6.45, 7) is 0.971. The maximum Gasteiger partial charge on any atom is 0.270 e. The predicted octanol–water partition coefficient (Wildman–Crippen LogP) is 2.96. The summed E-state index contributed by atoms with van der Waals surface area (Å²) in [5.41, 5.74) is 0.796. The molecule has 0 radical (unpaired) electrons. The molecular weight excluding hydrogens is 320 g/mol. The van der Waals surface area contributed by atoms with Crippen LogP contribution in [0.4, 0.5) is 0 Å². The Balaban J connectivity index is 1.83. The van der Waals surface area contributed by atoms with E-state index in [0.717, 1.165) is 36.0 Å². The van der Waals surface area contributed by atoms with Gasteiger partial charge in [0.2, 0.25) is 0 Å². The average Bonchev–Trinajstić information content (AvgIpc) is 3.22. The Kier molecular flexibility index (Phi) is 4.17. The number of carbonyl (C=O) groups excluding carboxylic acids is 1. The molecule has 1 aromatic rings. The Morgan fingerprint density at radius 1 is 1.35 bits per heavy atom. The van der Waals surface area contributed by atoms with Gasteiger partial charge in [-0.25, -0.2) is 0 Å². The molecule has 1 saturated heterocycles. The molecule has 110 valence electrons. The summed E-state index contributed by atoms with van der Waals surface area (Å²) in [7, 11) is 0. The van der Waals surface area contributed by atoms with E-state index in [0.29, 0.717) is 12.5 Å². The molecule has 2 fully saturated rings. The minimum atomic E-state index is 0.126. The Hall–Kier alpha value is -0.810. The summed E-state index contributed by atoms with van der Waals surface area (Å²) < 4.78 is 3.10. The lowest BCUT2D eigenvalue weighted by Gasteiger charge is -2.35. The molecule has 1 amide bonds. The molecule has 1 aliphatic carbocycles. The molecule has 0 bridgehead atoms. The first kappa shape index (κ1) is 14.1. The molecule has 2 aliphatic rings. The Labute approximate surface area is 127 Å². The average molecular weight is 341 g/mol. The molecule has 4 nitrogen and oxygen atoms in total. The Morgan fingerprint density at radius 2 is 2.15 bits per heavy atom. The fourth-order valence-electron chi connectivity index (χ4n) is 3.14. The smallest absolute Gasteiger partial charge is 0.270 e. The molecule has 1 aliphatic heterocycles. The van der Waals surface area contributed by atoms with Crippen molar-refractivity contribution in [3.8, 4) is 0 Å². The lowest BCUT2D eigenvalue weighted by atomic mass is 9.99. The van der Waals surface area contributed by atoms with Gasteiger partial charge in [-0.1, -0.05) is 0 Å². The number of likely N-dealkylation sites (tertiary alicyclic amines) is 1. The van der Waals surface area contributed by atoms with Gasteiger partial charge in [-0.2, -0.15) is 0 Å². The van der Waals surface area contributed by atoms with Gasteiger partial charge in [0.15, 0.2) is 0 Å². The monoisotopic (exact) mass is 340 g/mol. The van der Waals surface area contributed by atoms with E-state index in [1.54, 1.807) is 0 Å². The second kappa shape index (κ2) is 5.90. The highest BCUT2D eigenvalue weighted by molar-refractivity contribution is 9.10. The van der Waals surface area contributed by atoms with Crippen molar-refractivity contribution in [3.05, 3.63) is 22.4 Å². The van der Waals surface area contributed by atoms with Crippen LogP contribution in [-0.4, -0.2) is 39.7 Å². The molecule has 0 spiro atoms. The minimum absolute atomic E-state index is 0.126. The Bertz CT molecular complexity index is 494. The minimum Gasteiger partial charge on any atom is -0.396 e. The van der Waals surface area contributed by atoms with Crippen LogP contribution in [0.3, 0.4) is 0 Å². The molecule has 1 atom stereocenters.